The molecule has 46 heavy (non-hydrogen) atoms. The molecule has 0 heterocycles. The lowest BCUT2D eigenvalue weighted by molar-refractivity contribution is 0.0732. The molecule has 0 fully saturated rings. The summed E-state index contributed by atoms with van der Waals surface area (Å²) in [6, 6.07) is 34.7. The maximum atomic E-state index is 13.1. The van der Waals surface area contributed by atoms with Gasteiger partial charge in [-0.05, 0) is 111 Å². The topological polar surface area (TPSA) is 108 Å². The van der Waals surface area contributed by atoms with E-state index in [4.69, 9.17) is 18.9 Å². The first kappa shape index (κ1) is 31.3. The van der Waals surface area contributed by atoms with Crippen LogP contribution in [0.15, 0.2) is 137 Å². The van der Waals surface area contributed by atoms with Gasteiger partial charge in [-0.3, -0.25) is 4.99 Å². The minimum Gasteiger partial charge on any atom is -0.494 e. The lowest BCUT2D eigenvalue weighted by Crippen LogP contribution is -2.11. The number of azo groups is 1. The number of aliphatic imine (C=N–C) groups is 1. The second-order valence-corrected chi connectivity index (χ2v) is 9.70. The van der Waals surface area contributed by atoms with Crippen LogP contribution in [0.5, 0.6) is 23.0 Å². The van der Waals surface area contributed by atoms with Crippen molar-refractivity contribution in [3.8, 4) is 23.0 Å². The Kier molecular flexibility index (Phi) is 10.6. The first-order valence-corrected chi connectivity index (χ1v) is 14.7. The van der Waals surface area contributed by atoms with E-state index >= 15 is 0 Å². The Balaban J connectivity index is 1.35. The van der Waals surface area contributed by atoms with Gasteiger partial charge in [0.05, 0.1) is 41.4 Å². The summed E-state index contributed by atoms with van der Waals surface area (Å²) in [7, 11) is 0. The highest BCUT2D eigenvalue weighted by molar-refractivity contribution is 5.94. The molecule has 0 amide bonds. The molecule has 0 saturated heterocycles. The minimum absolute atomic E-state index is 0.160. The summed E-state index contributed by atoms with van der Waals surface area (Å²) in [5.41, 5.74) is 3.23. The quantitative estimate of drug-likeness (QED) is 0.0601. The van der Waals surface area contributed by atoms with Crippen molar-refractivity contribution in [1.82, 2.24) is 0 Å². The van der Waals surface area contributed by atoms with E-state index in [0.717, 1.165) is 5.69 Å². The van der Waals surface area contributed by atoms with Gasteiger partial charge in [-0.25, -0.2) is 9.59 Å². The molecule has 9 nitrogen and oxygen atoms in total. The third-order valence-corrected chi connectivity index (χ3v) is 6.44. The highest BCUT2D eigenvalue weighted by Crippen LogP contribution is 2.28. The van der Waals surface area contributed by atoms with Crippen LogP contribution >= 0.6 is 0 Å². The van der Waals surface area contributed by atoms with E-state index in [0.29, 0.717) is 52.8 Å². The zero-order valence-electron chi connectivity index (χ0n) is 25.3. The maximum Gasteiger partial charge on any atom is 0.343 e. The number of hydrogen-bond donors (Lipinski definition) is 0. The van der Waals surface area contributed by atoms with E-state index in [2.05, 4.69) is 15.2 Å². The Hall–Kier alpha value is -6.09. The Morgan fingerprint density at radius 2 is 1.07 bits per heavy atom. The van der Waals surface area contributed by atoms with E-state index < -0.39 is 11.9 Å². The van der Waals surface area contributed by atoms with E-state index in [9.17, 15) is 9.59 Å². The highest BCUT2D eigenvalue weighted by atomic mass is 16.5. The van der Waals surface area contributed by atoms with Crippen molar-refractivity contribution in [3.05, 3.63) is 138 Å². The molecule has 0 saturated carbocycles. The third kappa shape index (κ3) is 8.73. The number of ether oxygens (including phenoxy) is 4. The standard InChI is InChI=1S/C37H31N3O6/c1-3-43-32-19-10-26(11-20-32)36(41)45-34-23-14-28(35(24-34)46-37(42)27-12-21-33(22-13-27)44-4-2)25-38-29-15-17-31(18-16-29)40-39-30-8-6-5-7-9-30/h5-25H,3-4H2,1-2H3. The van der Waals surface area contributed by atoms with Gasteiger partial charge >= 0.3 is 11.9 Å². The molecular weight excluding hydrogens is 582 g/mol. The Labute approximate surface area is 266 Å². The molecule has 0 unspecified atom stereocenters. The number of carbonyl (C=O) groups is 2. The number of nitrogens with zero attached hydrogens (tertiary/aromatic N) is 3. The molecule has 5 rings (SSSR count). The van der Waals surface area contributed by atoms with Crippen LogP contribution in [0, 0.1) is 0 Å². The number of hydrogen-bond acceptors (Lipinski definition) is 9. The zero-order valence-corrected chi connectivity index (χ0v) is 25.3. The van der Waals surface area contributed by atoms with Crippen molar-refractivity contribution < 1.29 is 28.5 Å². The molecule has 9 heteroatoms. The average Bonchev–Trinajstić information content (AvgIpc) is 3.09. The summed E-state index contributed by atoms with van der Waals surface area (Å²) in [6.45, 7) is 4.79. The Morgan fingerprint density at radius 3 is 1.63 bits per heavy atom. The average molecular weight is 614 g/mol. The molecule has 5 aromatic rings. The number of carbonyl (C=O) groups excluding carboxylic acids is 2. The second kappa shape index (κ2) is 15.6. The van der Waals surface area contributed by atoms with Crippen molar-refractivity contribution >= 4 is 35.2 Å². The zero-order chi connectivity index (χ0) is 32.1. The molecular formula is C37H31N3O6. The first-order chi connectivity index (χ1) is 22.5. The Bertz CT molecular complexity index is 1820. The van der Waals surface area contributed by atoms with Crippen molar-refractivity contribution in [1.29, 1.82) is 0 Å². The van der Waals surface area contributed by atoms with E-state index in [1.807, 2.05) is 44.2 Å². The number of esters is 2. The SMILES string of the molecule is CCOc1ccc(C(=O)Oc2ccc(C=Nc3ccc(N=Nc4ccccc4)cc3)c(OC(=O)c3ccc(OCC)cc3)c2)cc1. The molecule has 0 aliphatic rings. The number of rotatable bonds is 12. The van der Waals surface area contributed by atoms with Crippen molar-refractivity contribution in [2.75, 3.05) is 13.2 Å². The summed E-state index contributed by atoms with van der Waals surface area (Å²) in [4.78, 5) is 30.5. The van der Waals surface area contributed by atoms with Crippen LogP contribution in [0.25, 0.3) is 0 Å². The lowest BCUT2D eigenvalue weighted by Gasteiger charge is -2.11. The van der Waals surface area contributed by atoms with Crippen LogP contribution in [0.1, 0.15) is 40.1 Å². The largest absolute Gasteiger partial charge is 0.494 e. The summed E-state index contributed by atoms with van der Waals surface area (Å²) in [5.74, 6) is 0.477. The molecule has 0 radical (unpaired) electrons. The second-order valence-electron chi connectivity index (χ2n) is 9.70. The summed E-state index contributed by atoms with van der Waals surface area (Å²) in [5, 5.41) is 8.48. The molecule has 0 aromatic heterocycles. The summed E-state index contributed by atoms with van der Waals surface area (Å²) >= 11 is 0. The van der Waals surface area contributed by atoms with Crippen molar-refractivity contribution in [2.24, 2.45) is 15.2 Å². The van der Waals surface area contributed by atoms with Crippen LogP contribution in [0.2, 0.25) is 0 Å². The predicted octanol–water partition coefficient (Wildman–Crippen LogP) is 9.09. The van der Waals surface area contributed by atoms with Gasteiger partial charge in [0.25, 0.3) is 0 Å². The normalized spacial score (nSPS) is 11.0. The van der Waals surface area contributed by atoms with Gasteiger partial charge in [0.15, 0.2) is 0 Å². The van der Waals surface area contributed by atoms with E-state index in [-0.39, 0.29) is 11.5 Å². The fourth-order valence-electron chi connectivity index (χ4n) is 4.17. The minimum atomic E-state index is -0.596. The molecule has 0 spiro atoms. The van der Waals surface area contributed by atoms with Gasteiger partial charge in [0.2, 0.25) is 0 Å². The van der Waals surface area contributed by atoms with E-state index in [1.54, 1.807) is 91.1 Å². The summed E-state index contributed by atoms with van der Waals surface area (Å²) < 4.78 is 22.3. The maximum absolute atomic E-state index is 13.1. The third-order valence-electron chi connectivity index (χ3n) is 6.44. The Morgan fingerprint density at radius 1 is 0.565 bits per heavy atom. The highest BCUT2D eigenvalue weighted by Gasteiger charge is 2.15. The molecule has 0 atom stereocenters. The lowest BCUT2D eigenvalue weighted by atomic mass is 10.2. The van der Waals surface area contributed by atoms with Crippen LogP contribution in [-0.4, -0.2) is 31.4 Å². The fourth-order valence-corrected chi connectivity index (χ4v) is 4.17. The van der Waals surface area contributed by atoms with E-state index in [1.165, 1.54) is 6.07 Å². The number of benzene rings is 5. The molecule has 230 valence electrons. The van der Waals surface area contributed by atoms with Gasteiger partial charge in [0.1, 0.15) is 23.0 Å². The fraction of sp³-hybridized carbons (Fsp3) is 0.108. The molecule has 0 aliphatic heterocycles. The van der Waals surface area contributed by atoms with Gasteiger partial charge in [-0.15, -0.1) is 0 Å². The van der Waals surface area contributed by atoms with Crippen LogP contribution < -0.4 is 18.9 Å². The van der Waals surface area contributed by atoms with Crippen LogP contribution in [-0.2, 0) is 0 Å². The molecule has 5 aromatic carbocycles. The monoisotopic (exact) mass is 613 g/mol. The summed E-state index contributed by atoms with van der Waals surface area (Å²) in [6.07, 6.45) is 1.57. The van der Waals surface area contributed by atoms with Gasteiger partial charge in [0, 0.05) is 17.8 Å². The molecule has 0 aliphatic carbocycles. The van der Waals surface area contributed by atoms with Gasteiger partial charge < -0.3 is 18.9 Å². The van der Waals surface area contributed by atoms with Crippen LogP contribution in [0.4, 0.5) is 17.1 Å². The van der Waals surface area contributed by atoms with Crippen molar-refractivity contribution in [3.63, 3.8) is 0 Å². The first-order valence-electron chi connectivity index (χ1n) is 14.7. The molecule has 0 bridgehead atoms. The predicted molar refractivity (Wildman–Crippen MR) is 176 cm³/mol. The van der Waals surface area contributed by atoms with Gasteiger partial charge in [-0.1, -0.05) is 18.2 Å². The van der Waals surface area contributed by atoms with Crippen molar-refractivity contribution in [2.45, 2.75) is 13.8 Å². The van der Waals surface area contributed by atoms with Gasteiger partial charge in [-0.2, -0.15) is 10.2 Å². The van der Waals surface area contributed by atoms with Crippen LogP contribution in [0.3, 0.4) is 0 Å². The smallest absolute Gasteiger partial charge is 0.343 e. The molecule has 0 N–H and O–H groups in total.